The molecule has 1 N–H and O–H groups in total. The third-order valence-electron chi connectivity index (χ3n) is 7.84. The van der Waals surface area contributed by atoms with E-state index in [9.17, 15) is 14.7 Å². The molecule has 37 heavy (non-hydrogen) atoms. The largest absolute Gasteiger partial charge is 0.491 e. The van der Waals surface area contributed by atoms with Crippen LogP contribution < -0.4 is 5.43 Å². The highest BCUT2D eigenvalue weighted by atomic mass is 16.5. The quantitative estimate of drug-likeness (QED) is 0.395. The first kappa shape index (κ1) is 28.6. The van der Waals surface area contributed by atoms with E-state index in [-0.39, 0.29) is 22.9 Å². The fourth-order valence-electron chi connectivity index (χ4n) is 5.81. The fraction of sp³-hybridized carbons (Fsp3) is 0.567. The van der Waals surface area contributed by atoms with Gasteiger partial charge < -0.3 is 19.1 Å². The lowest BCUT2D eigenvalue weighted by Gasteiger charge is -2.36. The van der Waals surface area contributed by atoms with Crippen LogP contribution >= 0.6 is 0 Å². The van der Waals surface area contributed by atoms with Gasteiger partial charge in [-0.05, 0) is 48.2 Å². The summed E-state index contributed by atoms with van der Waals surface area (Å²) in [5, 5.41) is 9.81. The van der Waals surface area contributed by atoms with Gasteiger partial charge in [-0.3, -0.25) is 9.79 Å². The summed E-state index contributed by atoms with van der Waals surface area (Å²) in [4.78, 5) is 29.7. The van der Waals surface area contributed by atoms with Crippen LogP contribution in [0.2, 0.25) is 0 Å². The smallest absolute Gasteiger partial charge is 0.341 e. The number of hydrogen-bond donors (Lipinski definition) is 1. The number of aromatic carboxylic acids is 1. The first-order chi connectivity index (χ1) is 17.6. The molecule has 3 unspecified atom stereocenters. The summed E-state index contributed by atoms with van der Waals surface area (Å²) in [6.07, 6.45) is 11.1. The van der Waals surface area contributed by atoms with Crippen molar-refractivity contribution in [3.8, 4) is 0 Å². The van der Waals surface area contributed by atoms with Crippen molar-refractivity contribution >= 4 is 17.3 Å². The zero-order chi connectivity index (χ0) is 27.3. The Morgan fingerprint density at radius 2 is 2.05 bits per heavy atom. The molecule has 2 aliphatic carbocycles. The van der Waals surface area contributed by atoms with Crippen LogP contribution in [-0.2, 0) is 9.47 Å². The summed E-state index contributed by atoms with van der Waals surface area (Å²) in [5.74, 6) is -0.0932. The monoisotopic (exact) mass is 510 g/mol. The van der Waals surface area contributed by atoms with Crippen molar-refractivity contribution in [2.75, 3.05) is 27.4 Å². The fourth-order valence-corrected chi connectivity index (χ4v) is 5.81. The molecule has 202 valence electrons. The highest BCUT2D eigenvalue weighted by molar-refractivity contribution is 6.18. The Bertz CT molecular complexity index is 1180. The number of ether oxygens (including phenoxy) is 2. The van der Waals surface area contributed by atoms with Gasteiger partial charge in [-0.25, -0.2) is 4.79 Å². The SMILES string of the molecule is CCC(C)/C(=C1/C=CC=C(OCCCOC)C1=NC)c1cc(=O)c(C(=O)O)cn1C1C(C)CCC1(C)C. The van der Waals surface area contributed by atoms with Gasteiger partial charge in [0.15, 0.2) is 5.43 Å². The minimum absolute atomic E-state index is 0.0516. The minimum atomic E-state index is -1.20. The average molecular weight is 511 g/mol. The van der Waals surface area contributed by atoms with E-state index in [1.54, 1.807) is 20.4 Å². The maximum Gasteiger partial charge on any atom is 0.341 e. The second-order valence-corrected chi connectivity index (χ2v) is 10.9. The molecule has 1 heterocycles. The van der Waals surface area contributed by atoms with Crippen LogP contribution in [0, 0.1) is 17.3 Å². The maximum atomic E-state index is 13.1. The molecule has 3 atom stereocenters. The van der Waals surface area contributed by atoms with Gasteiger partial charge in [-0.15, -0.1) is 0 Å². The lowest BCUT2D eigenvalue weighted by Crippen LogP contribution is -2.31. The van der Waals surface area contributed by atoms with E-state index < -0.39 is 11.4 Å². The van der Waals surface area contributed by atoms with Crippen LogP contribution in [0.5, 0.6) is 0 Å². The van der Waals surface area contributed by atoms with Crippen LogP contribution in [-0.4, -0.2) is 48.7 Å². The van der Waals surface area contributed by atoms with E-state index in [2.05, 4.69) is 44.2 Å². The summed E-state index contributed by atoms with van der Waals surface area (Å²) in [6, 6.07) is 1.58. The molecular weight excluding hydrogens is 468 g/mol. The Balaban J connectivity index is 2.28. The summed E-state index contributed by atoms with van der Waals surface area (Å²) < 4.78 is 13.3. The molecule has 3 rings (SSSR count). The van der Waals surface area contributed by atoms with Gasteiger partial charge in [0.1, 0.15) is 17.0 Å². The van der Waals surface area contributed by atoms with Crippen LogP contribution in [0.15, 0.2) is 51.6 Å². The molecule has 0 aromatic carbocycles. The van der Waals surface area contributed by atoms with Crippen molar-refractivity contribution in [3.05, 3.63) is 63.3 Å². The van der Waals surface area contributed by atoms with E-state index >= 15 is 0 Å². The van der Waals surface area contributed by atoms with Gasteiger partial charge in [0, 0.05) is 56.8 Å². The van der Waals surface area contributed by atoms with E-state index in [0.29, 0.717) is 24.9 Å². The lowest BCUT2D eigenvalue weighted by molar-refractivity contribution is 0.0693. The molecular formula is C30H42N2O5. The standard InChI is InChI=1S/C30H42N2O5/c1-8-19(2)26(21-11-9-12-25(27(21)31-6)37-16-10-15-36-7)23-17-24(33)22(29(34)35)18-32(23)28-20(3)13-14-30(28,4)5/h9,11-12,17-20,28H,8,10,13-16H2,1-7H3,(H,34,35)/b26-21+,31-27?. The molecule has 1 fully saturated rings. The number of nitrogens with zero attached hydrogens (tertiary/aromatic N) is 2. The Labute approximate surface area is 220 Å². The van der Waals surface area contributed by atoms with Gasteiger partial charge >= 0.3 is 5.97 Å². The van der Waals surface area contributed by atoms with Gasteiger partial charge in [0.05, 0.1) is 6.61 Å². The molecule has 0 radical (unpaired) electrons. The van der Waals surface area contributed by atoms with Crippen LogP contribution in [0.25, 0.3) is 5.57 Å². The molecule has 2 aliphatic rings. The third kappa shape index (κ3) is 5.98. The van der Waals surface area contributed by atoms with Gasteiger partial charge in [-0.1, -0.05) is 46.8 Å². The number of carboxylic acid groups (broad SMARTS) is 1. The Kier molecular flexibility index (Phi) is 9.35. The number of allylic oxidation sites excluding steroid dienone is 5. The molecule has 0 saturated heterocycles. The summed E-state index contributed by atoms with van der Waals surface area (Å²) in [7, 11) is 3.42. The van der Waals surface area contributed by atoms with E-state index in [4.69, 9.17) is 9.47 Å². The predicted molar refractivity (Wildman–Crippen MR) is 148 cm³/mol. The van der Waals surface area contributed by atoms with Crippen molar-refractivity contribution in [1.82, 2.24) is 4.57 Å². The van der Waals surface area contributed by atoms with E-state index in [1.165, 1.54) is 6.07 Å². The topological polar surface area (TPSA) is 90.1 Å². The number of methoxy groups -OCH3 is 1. The Morgan fingerprint density at radius 1 is 1.32 bits per heavy atom. The molecule has 1 saturated carbocycles. The number of aliphatic imine (C=N–C) groups is 1. The van der Waals surface area contributed by atoms with Gasteiger partial charge in [0.2, 0.25) is 0 Å². The van der Waals surface area contributed by atoms with Crippen molar-refractivity contribution < 1.29 is 19.4 Å². The van der Waals surface area contributed by atoms with Crippen LogP contribution in [0.4, 0.5) is 0 Å². The average Bonchev–Trinajstić information content (AvgIpc) is 3.13. The van der Waals surface area contributed by atoms with Crippen LogP contribution in [0.1, 0.15) is 82.4 Å². The zero-order valence-electron chi connectivity index (χ0n) is 23.3. The Morgan fingerprint density at radius 3 is 2.62 bits per heavy atom. The summed E-state index contributed by atoms with van der Waals surface area (Å²) in [6.45, 7) is 12.1. The number of carboxylic acids is 1. The lowest BCUT2D eigenvalue weighted by atomic mass is 9.82. The minimum Gasteiger partial charge on any atom is -0.491 e. The summed E-state index contributed by atoms with van der Waals surface area (Å²) >= 11 is 0. The van der Waals surface area contributed by atoms with Crippen molar-refractivity contribution in [2.24, 2.45) is 22.2 Å². The number of aromatic nitrogens is 1. The molecule has 1 aromatic heterocycles. The molecule has 0 bridgehead atoms. The first-order valence-electron chi connectivity index (χ1n) is 13.3. The predicted octanol–water partition coefficient (Wildman–Crippen LogP) is 5.92. The number of rotatable bonds is 10. The molecule has 0 amide bonds. The maximum absolute atomic E-state index is 13.1. The van der Waals surface area contributed by atoms with Crippen molar-refractivity contribution in [1.29, 1.82) is 0 Å². The zero-order valence-corrected chi connectivity index (χ0v) is 23.3. The second kappa shape index (κ2) is 12.1. The van der Waals surface area contributed by atoms with Gasteiger partial charge in [0.25, 0.3) is 0 Å². The summed E-state index contributed by atoms with van der Waals surface area (Å²) in [5.41, 5.74) is 2.65. The van der Waals surface area contributed by atoms with Crippen molar-refractivity contribution in [3.63, 3.8) is 0 Å². The Hall–Kier alpha value is -2.93. The van der Waals surface area contributed by atoms with E-state index in [0.717, 1.165) is 48.2 Å². The molecule has 1 aromatic rings. The highest BCUT2D eigenvalue weighted by Crippen LogP contribution is 2.50. The molecule has 7 nitrogen and oxygen atoms in total. The van der Waals surface area contributed by atoms with Crippen LogP contribution in [0.3, 0.4) is 0 Å². The molecule has 7 heteroatoms. The molecule has 0 aliphatic heterocycles. The van der Waals surface area contributed by atoms with Gasteiger partial charge in [-0.2, -0.15) is 0 Å². The number of pyridine rings is 1. The second-order valence-electron chi connectivity index (χ2n) is 10.9. The third-order valence-corrected chi connectivity index (χ3v) is 7.84. The number of hydrogen-bond acceptors (Lipinski definition) is 5. The molecule has 0 spiro atoms. The highest BCUT2D eigenvalue weighted by Gasteiger charge is 2.42. The van der Waals surface area contributed by atoms with E-state index in [1.807, 2.05) is 18.2 Å². The number of carbonyl (C=O) groups is 1. The first-order valence-corrected chi connectivity index (χ1v) is 13.3. The van der Waals surface area contributed by atoms with Crippen molar-refractivity contribution in [2.45, 2.75) is 66.3 Å². The normalized spacial score (nSPS) is 24.2.